The lowest BCUT2D eigenvalue weighted by Gasteiger charge is -2.40. The van der Waals surface area contributed by atoms with Crippen LogP contribution in [0.25, 0.3) is 0 Å². The summed E-state index contributed by atoms with van der Waals surface area (Å²) in [4.78, 5) is 16.8. The predicted molar refractivity (Wildman–Crippen MR) is 67.9 cm³/mol. The van der Waals surface area contributed by atoms with Gasteiger partial charge in [0.1, 0.15) is 6.26 Å². The number of aromatic nitrogens is 1. The van der Waals surface area contributed by atoms with Crippen molar-refractivity contribution in [3.8, 4) is 0 Å². The van der Waals surface area contributed by atoms with Crippen LogP contribution in [0.5, 0.6) is 0 Å². The van der Waals surface area contributed by atoms with Crippen LogP contribution >= 0.6 is 0 Å². The standard InChI is InChI=1S/C13H20N2O3/c1-3-13(4-2)5-7-15(8-6-13)12-14-10(9-18-12)11(16)17/h9H,3-8H2,1-2H3,(H,16,17). The van der Waals surface area contributed by atoms with Crippen molar-refractivity contribution in [3.05, 3.63) is 12.0 Å². The molecule has 0 aromatic carbocycles. The SMILES string of the molecule is CCC1(CC)CCN(c2nc(C(=O)O)co2)CC1. The second-order valence-electron chi connectivity index (χ2n) is 5.01. The number of nitrogens with zero attached hydrogens (tertiary/aromatic N) is 2. The van der Waals surface area contributed by atoms with Gasteiger partial charge in [-0.3, -0.25) is 0 Å². The topological polar surface area (TPSA) is 66.6 Å². The summed E-state index contributed by atoms with van der Waals surface area (Å²) in [5.41, 5.74) is 0.423. The van der Waals surface area contributed by atoms with Gasteiger partial charge in [-0.1, -0.05) is 26.7 Å². The van der Waals surface area contributed by atoms with Crippen molar-refractivity contribution in [3.63, 3.8) is 0 Å². The summed E-state index contributed by atoms with van der Waals surface area (Å²) in [6, 6.07) is 0.438. The van der Waals surface area contributed by atoms with E-state index in [9.17, 15) is 4.79 Å². The van der Waals surface area contributed by atoms with E-state index in [-0.39, 0.29) is 5.69 Å². The first-order valence-electron chi connectivity index (χ1n) is 6.54. The molecule has 0 saturated carbocycles. The molecule has 1 saturated heterocycles. The maximum absolute atomic E-state index is 10.8. The fourth-order valence-electron chi connectivity index (χ4n) is 2.64. The minimum atomic E-state index is -1.04. The summed E-state index contributed by atoms with van der Waals surface area (Å²) in [6.45, 7) is 6.27. The molecule has 1 aromatic rings. The molecule has 5 heteroatoms. The number of piperidine rings is 1. The number of aromatic carboxylic acids is 1. The number of carboxylic acids is 1. The van der Waals surface area contributed by atoms with E-state index in [0.29, 0.717) is 11.4 Å². The van der Waals surface area contributed by atoms with Crippen molar-refractivity contribution in [1.82, 2.24) is 4.98 Å². The number of carbonyl (C=O) groups is 1. The number of hydrogen-bond acceptors (Lipinski definition) is 4. The summed E-state index contributed by atoms with van der Waals surface area (Å²) in [5.74, 6) is -1.04. The van der Waals surface area contributed by atoms with Crippen LogP contribution < -0.4 is 4.90 Å². The van der Waals surface area contributed by atoms with E-state index in [0.717, 1.165) is 25.9 Å². The molecule has 1 fully saturated rings. The minimum absolute atomic E-state index is 0.0205. The first kappa shape index (κ1) is 12.9. The van der Waals surface area contributed by atoms with Crippen LogP contribution in [-0.4, -0.2) is 29.1 Å². The van der Waals surface area contributed by atoms with E-state index in [1.165, 1.54) is 19.1 Å². The van der Waals surface area contributed by atoms with Gasteiger partial charge in [0, 0.05) is 13.1 Å². The lowest BCUT2D eigenvalue weighted by molar-refractivity contribution is 0.0690. The van der Waals surface area contributed by atoms with Gasteiger partial charge in [0.2, 0.25) is 0 Å². The number of oxazole rings is 1. The second-order valence-corrected chi connectivity index (χ2v) is 5.01. The summed E-state index contributed by atoms with van der Waals surface area (Å²) in [7, 11) is 0. The molecule has 0 unspecified atom stereocenters. The van der Waals surface area contributed by atoms with Gasteiger partial charge in [0.05, 0.1) is 0 Å². The monoisotopic (exact) mass is 252 g/mol. The molecule has 100 valence electrons. The van der Waals surface area contributed by atoms with E-state index >= 15 is 0 Å². The fraction of sp³-hybridized carbons (Fsp3) is 0.692. The highest BCUT2D eigenvalue weighted by Gasteiger charge is 2.32. The highest BCUT2D eigenvalue weighted by atomic mass is 16.4. The van der Waals surface area contributed by atoms with Crippen molar-refractivity contribution < 1.29 is 14.3 Å². The molecule has 5 nitrogen and oxygen atoms in total. The maximum atomic E-state index is 10.8. The molecule has 0 bridgehead atoms. The lowest BCUT2D eigenvalue weighted by Crippen LogP contribution is -2.39. The summed E-state index contributed by atoms with van der Waals surface area (Å²) in [6.07, 6.45) is 5.83. The molecule has 2 heterocycles. The van der Waals surface area contributed by atoms with Gasteiger partial charge in [0.15, 0.2) is 5.69 Å². The van der Waals surface area contributed by atoms with Crippen molar-refractivity contribution in [2.24, 2.45) is 5.41 Å². The van der Waals surface area contributed by atoms with Crippen LogP contribution in [0.15, 0.2) is 10.7 Å². The molecule has 0 atom stereocenters. The van der Waals surface area contributed by atoms with E-state index in [4.69, 9.17) is 9.52 Å². The summed E-state index contributed by atoms with van der Waals surface area (Å²) in [5, 5.41) is 8.81. The highest BCUT2D eigenvalue weighted by Crippen LogP contribution is 2.38. The van der Waals surface area contributed by atoms with Crippen LogP contribution in [0, 0.1) is 5.41 Å². The Balaban J connectivity index is 2.02. The lowest BCUT2D eigenvalue weighted by atomic mass is 9.74. The van der Waals surface area contributed by atoms with Crippen LogP contribution in [0.3, 0.4) is 0 Å². The molecular weight excluding hydrogens is 232 g/mol. The number of carboxylic acid groups (broad SMARTS) is 1. The van der Waals surface area contributed by atoms with E-state index in [2.05, 4.69) is 18.8 Å². The molecule has 1 aliphatic heterocycles. The maximum Gasteiger partial charge on any atom is 0.357 e. The van der Waals surface area contributed by atoms with Gasteiger partial charge in [-0.25, -0.2) is 4.79 Å². The molecule has 0 amide bonds. The molecule has 2 rings (SSSR count). The number of anilines is 1. The van der Waals surface area contributed by atoms with Gasteiger partial charge < -0.3 is 14.4 Å². The van der Waals surface area contributed by atoms with Gasteiger partial charge in [-0.15, -0.1) is 0 Å². The molecule has 0 radical (unpaired) electrons. The fourth-order valence-corrected chi connectivity index (χ4v) is 2.64. The Morgan fingerprint density at radius 3 is 2.50 bits per heavy atom. The molecule has 0 spiro atoms. The summed E-state index contributed by atoms with van der Waals surface area (Å²) >= 11 is 0. The molecule has 1 aliphatic rings. The van der Waals surface area contributed by atoms with Crippen LogP contribution in [0.4, 0.5) is 6.01 Å². The molecule has 18 heavy (non-hydrogen) atoms. The van der Waals surface area contributed by atoms with E-state index < -0.39 is 5.97 Å². The quantitative estimate of drug-likeness (QED) is 0.892. The van der Waals surface area contributed by atoms with E-state index in [1.807, 2.05) is 4.90 Å². The summed E-state index contributed by atoms with van der Waals surface area (Å²) < 4.78 is 5.23. The Bertz CT molecular complexity index is 414. The van der Waals surface area contributed by atoms with Crippen LogP contribution in [0.1, 0.15) is 50.0 Å². The second kappa shape index (κ2) is 5.00. The third-order valence-corrected chi connectivity index (χ3v) is 4.31. The molecule has 0 aliphatic carbocycles. The Labute approximate surface area is 107 Å². The minimum Gasteiger partial charge on any atom is -0.476 e. The predicted octanol–water partition coefficient (Wildman–Crippen LogP) is 2.78. The Morgan fingerprint density at radius 1 is 1.44 bits per heavy atom. The van der Waals surface area contributed by atoms with Crippen molar-refractivity contribution in [2.75, 3.05) is 18.0 Å². The first-order valence-corrected chi connectivity index (χ1v) is 6.54. The van der Waals surface area contributed by atoms with Gasteiger partial charge in [-0.05, 0) is 18.3 Å². The smallest absolute Gasteiger partial charge is 0.357 e. The zero-order valence-corrected chi connectivity index (χ0v) is 11.0. The molecule has 1 N–H and O–H groups in total. The Hall–Kier alpha value is -1.52. The molecule has 1 aromatic heterocycles. The van der Waals surface area contributed by atoms with Crippen LogP contribution in [0.2, 0.25) is 0 Å². The van der Waals surface area contributed by atoms with Gasteiger partial charge >= 0.3 is 5.97 Å². The van der Waals surface area contributed by atoms with Crippen molar-refractivity contribution in [1.29, 1.82) is 0 Å². The Morgan fingerprint density at radius 2 is 2.06 bits per heavy atom. The Kier molecular flexibility index (Phi) is 3.59. The third kappa shape index (κ3) is 2.35. The average molecular weight is 252 g/mol. The number of hydrogen-bond donors (Lipinski definition) is 1. The average Bonchev–Trinajstić information content (AvgIpc) is 2.88. The van der Waals surface area contributed by atoms with Crippen molar-refractivity contribution in [2.45, 2.75) is 39.5 Å². The largest absolute Gasteiger partial charge is 0.476 e. The molecular formula is C13H20N2O3. The zero-order chi connectivity index (χ0) is 13.2. The first-order chi connectivity index (χ1) is 8.60. The third-order valence-electron chi connectivity index (χ3n) is 4.31. The zero-order valence-electron chi connectivity index (χ0n) is 11.0. The highest BCUT2D eigenvalue weighted by molar-refractivity contribution is 5.85. The van der Waals surface area contributed by atoms with E-state index in [1.54, 1.807) is 0 Å². The van der Waals surface area contributed by atoms with Gasteiger partial charge in [-0.2, -0.15) is 4.98 Å². The normalized spacial score (nSPS) is 18.9. The van der Waals surface area contributed by atoms with Crippen LogP contribution in [-0.2, 0) is 0 Å². The van der Waals surface area contributed by atoms with Gasteiger partial charge in [0.25, 0.3) is 6.01 Å². The number of rotatable bonds is 4. The van der Waals surface area contributed by atoms with Crippen molar-refractivity contribution >= 4 is 12.0 Å².